The van der Waals surface area contributed by atoms with Crippen LogP contribution in [0.2, 0.25) is 0 Å². The molecular formula is C20H16N4OS. The van der Waals surface area contributed by atoms with Crippen LogP contribution in [0.5, 0.6) is 0 Å². The normalized spacial score (nSPS) is 17.2. The lowest BCUT2D eigenvalue weighted by atomic mass is 10.0. The molecule has 4 aromatic rings. The lowest BCUT2D eigenvalue weighted by Crippen LogP contribution is -2.31. The Morgan fingerprint density at radius 3 is 2.85 bits per heavy atom. The van der Waals surface area contributed by atoms with Crippen molar-refractivity contribution in [3.63, 3.8) is 0 Å². The summed E-state index contributed by atoms with van der Waals surface area (Å²) in [4.78, 5) is 3.32. The van der Waals surface area contributed by atoms with Crippen LogP contribution in [0.15, 0.2) is 70.3 Å². The number of furan rings is 1. The van der Waals surface area contributed by atoms with Crippen LogP contribution in [0.25, 0.3) is 21.9 Å². The van der Waals surface area contributed by atoms with E-state index in [0.717, 1.165) is 38.9 Å². The molecule has 26 heavy (non-hydrogen) atoms. The van der Waals surface area contributed by atoms with Crippen molar-refractivity contribution >= 4 is 44.9 Å². The molecule has 0 saturated heterocycles. The predicted molar refractivity (Wildman–Crippen MR) is 107 cm³/mol. The molecule has 2 aromatic heterocycles. The third kappa shape index (κ3) is 2.30. The van der Waals surface area contributed by atoms with Crippen molar-refractivity contribution in [3.8, 4) is 0 Å². The van der Waals surface area contributed by atoms with Gasteiger partial charge in [0.2, 0.25) is 0 Å². The van der Waals surface area contributed by atoms with Crippen LogP contribution in [0, 0.1) is 0 Å². The number of nitrogens with two attached hydrogens (primary N) is 1. The first-order valence-corrected chi connectivity index (χ1v) is 8.82. The van der Waals surface area contributed by atoms with E-state index in [4.69, 9.17) is 22.4 Å². The van der Waals surface area contributed by atoms with Crippen molar-refractivity contribution in [2.24, 2.45) is 10.8 Å². The number of hydrogen-bond donors (Lipinski definition) is 2. The highest BCUT2D eigenvalue weighted by Gasteiger charge is 2.33. The van der Waals surface area contributed by atoms with E-state index >= 15 is 0 Å². The van der Waals surface area contributed by atoms with Crippen molar-refractivity contribution in [3.05, 3.63) is 72.1 Å². The van der Waals surface area contributed by atoms with Gasteiger partial charge < -0.3 is 15.1 Å². The molecule has 1 aliphatic rings. The van der Waals surface area contributed by atoms with E-state index in [9.17, 15) is 0 Å². The Kier molecular flexibility index (Phi) is 3.33. The van der Waals surface area contributed by atoms with Crippen LogP contribution >= 0.6 is 12.2 Å². The average Bonchev–Trinajstić information content (AvgIpc) is 3.36. The summed E-state index contributed by atoms with van der Waals surface area (Å²) >= 11 is 5.25. The summed E-state index contributed by atoms with van der Waals surface area (Å²) in [6.45, 7) is 0. The monoisotopic (exact) mass is 360 g/mol. The molecule has 0 amide bonds. The first-order valence-electron chi connectivity index (χ1n) is 8.42. The maximum absolute atomic E-state index is 5.98. The van der Waals surface area contributed by atoms with Crippen molar-refractivity contribution in [1.29, 1.82) is 0 Å². The second kappa shape index (κ2) is 5.71. The molecule has 1 unspecified atom stereocenters. The molecule has 0 spiro atoms. The highest BCUT2D eigenvalue weighted by Crippen LogP contribution is 2.37. The number of fused-ring (bicyclic) bond motifs is 2. The molecule has 6 heteroatoms. The van der Waals surface area contributed by atoms with E-state index < -0.39 is 0 Å². The van der Waals surface area contributed by atoms with Gasteiger partial charge in [0.1, 0.15) is 11.3 Å². The highest BCUT2D eigenvalue weighted by atomic mass is 32.1. The predicted octanol–water partition coefficient (Wildman–Crippen LogP) is 4.31. The van der Waals surface area contributed by atoms with Crippen molar-refractivity contribution in [2.75, 3.05) is 0 Å². The minimum Gasteiger partial charge on any atom is -0.455 e. The number of para-hydroxylation sites is 2. The Morgan fingerprint density at radius 1 is 1.19 bits per heavy atom. The highest BCUT2D eigenvalue weighted by molar-refractivity contribution is 7.80. The number of H-pyrrole nitrogens is 1. The van der Waals surface area contributed by atoms with E-state index in [1.165, 1.54) is 0 Å². The summed E-state index contributed by atoms with van der Waals surface area (Å²) in [6, 6.07) is 18.1. The van der Waals surface area contributed by atoms with Crippen LogP contribution in [-0.4, -0.2) is 20.8 Å². The van der Waals surface area contributed by atoms with Crippen molar-refractivity contribution in [2.45, 2.75) is 12.5 Å². The van der Waals surface area contributed by atoms with Crippen LogP contribution in [0.1, 0.15) is 23.8 Å². The van der Waals surface area contributed by atoms with Gasteiger partial charge in [-0.1, -0.05) is 36.4 Å². The first-order chi connectivity index (χ1) is 12.7. The van der Waals surface area contributed by atoms with Gasteiger partial charge in [-0.3, -0.25) is 0 Å². The second-order valence-electron chi connectivity index (χ2n) is 6.39. The van der Waals surface area contributed by atoms with Gasteiger partial charge in [0.05, 0.1) is 6.04 Å². The van der Waals surface area contributed by atoms with Crippen molar-refractivity contribution in [1.82, 2.24) is 9.99 Å². The zero-order chi connectivity index (χ0) is 17.7. The van der Waals surface area contributed by atoms with Crippen molar-refractivity contribution < 1.29 is 4.42 Å². The molecule has 0 bridgehead atoms. The molecule has 1 aliphatic heterocycles. The van der Waals surface area contributed by atoms with Gasteiger partial charge in [-0.2, -0.15) is 5.10 Å². The smallest absolute Gasteiger partial charge is 0.187 e. The van der Waals surface area contributed by atoms with E-state index in [-0.39, 0.29) is 11.2 Å². The molecule has 3 heterocycles. The molecule has 2 aromatic carbocycles. The Balaban J connectivity index is 1.57. The fourth-order valence-corrected chi connectivity index (χ4v) is 3.77. The molecule has 128 valence electrons. The number of aromatic amines is 1. The topological polar surface area (TPSA) is 70.5 Å². The molecular weight excluding hydrogens is 344 g/mol. The van der Waals surface area contributed by atoms with Gasteiger partial charge in [0.15, 0.2) is 10.9 Å². The number of thiocarbonyl (C=S) groups is 1. The maximum Gasteiger partial charge on any atom is 0.187 e. The van der Waals surface area contributed by atoms with Crippen LogP contribution in [-0.2, 0) is 0 Å². The lowest BCUT2D eigenvalue weighted by Gasteiger charge is -2.21. The van der Waals surface area contributed by atoms with Gasteiger partial charge in [-0.15, -0.1) is 0 Å². The number of aromatic nitrogens is 1. The molecule has 0 saturated carbocycles. The summed E-state index contributed by atoms with van der Waals surface area (Å²) < 4.78 is 5.98. The number of hydrogen-bond acceptors (Lipinski definition) is 3. The third-order valence-corrected chi connectivity index (χ3v) is 5.01. The number of hydrazone groups is 1. The van der Waals surface area contributed by atoms with E-state index in [1.54, 1.807) is 5.01 Å². The SMILES string of the molecule is NC(=S)N1N=C(c2cc3ccccc3o2)CC1c1c[nH]c2ccccc12. The second-order valence-corrected chi connectivity index (χ2v) is 6.81. The fourth-order valence-electron chi connectivity index (χ4n) is 3.60. The van der Waals surface area contributed by atoms with Gasteiger partial charge in [-0.25, -0.2) is 5.01 Å². The van der Waals surface area contributed by atoms with Gasteiger partial charge in [-0.05, 0) is 30.4 Å². The first kappa shape index (κ1) is 15.2. The van der Waals surface area contributed by atoms with Gasteiger partial charge in [0, 0.05) is 34.5 Å². The largest absolute Gasteiger partial charge is 0.455 e. The summed E-state index contributed by atoms with van der Waals surface area (Å²) in [5, 5.41) is 8.86. The minimum atomic E-state index is -0.0492. The molecule has 0 aliphatic carbocycles. The number of nitrogens with one attached hydrogen (secondary N) is 1. The standard InChI is InChI=1S/C20H16N4OS/c21-20(26)24-17(14-11-22-15-7-3-2-6-13(14)15)10-16(23-24)19-9-12-5-1-4-8-18(12)25-19/h1-9,11,17,22H,10H2,(H2,21,26). The fraction of sp³-hybridized carbons (Fsp3) is 0.100. The number of benzene rings is 2. The Morgan fingerprint density at radius 2 is 2.00 bits per heavy atom. The maximum atomic E-state index is 5.98. The Labute approximate surface area is 155 Å². The summed E-state index contributed by atoms with van der Waals surface area (Å²) in [5.41, 5.74) is 9.88. The Bertz CT molecular complexity index is 1140. The summed E-state index contributed by atoms with van der Waals surface area (Å²) in [5.74, 6) is 0.759. The van der Waals surface area contributed by atoms with Crippen LogP contribution in [0.3, 0.4) is 0 Å². The average molecular weight is 360 g/mol. The van der Waals surface area contributed by atoms with E-state index in [2.05, 4.69) is 22.2 Å². The molecule has 5 rings (SSSR count). The van der Waals surface area contributed by atoms with Crippen LogP contribution < -0.4 is 5.73 Å². The zero-order valence-corrected chi connectivity index (χ0v) is 14.7. The molecule has 5 nitrogen and oxygen atoms in total. The van der Waals surface area contributed by atoms with E-state index in [1.807, 2.05) is 48.7 Å². The third-order valence-electron chi connectivity index (χ3n) is 4.83. The summed E-state index contributed by atoms with van der Waals surface area (Å²) in [6.07, 6.45) is 2.69. The number of nitrogens with zero attached hydrogens (tertiary/aromatic N) is 2. The Hall–Kier alpha value is -3.12. The van der Waals surface area contributed by atoms with Gasteiger partial charge in [0.25, 0.3) is 0 Å². The summed E-state index contributed by atoms with van der Waals surface area (Å²) in [7, 11) is 0. The zero-order valence-electron chi connectivity index (χ0n) is 13.8. The molecule has 0 radical (unpaired) electrons. The van der Waals surface area contributed by atoms with Crippen LogP contribution in [0.4, 0.5) is 0 Å². The minimum absolute atomic E-state index is 0.0492. The number of rotatable bonds is 2. The molecule has 3 N–H and O–H groups in total. The lowest BCUT2D eigenvalue weighted by molar-refractivity contribution is 0.375. The molecule has 1 atom stereocenters. The molecule has 0 fully saturated rings. The van der Waals surface area contributed by atoms with E-state index in [0.29, 0.717) is 6.42 Å². The quantitative estimate of drug-likeness (QED) is 0.523. The van der Waals surface area contributed by atoms with Gasteiger partial charge >= 0.3 is 0 Å².